The number of rotatable bonds is 5. The van der Waals surface area contributed by atoms with Gasteiger partial charge in [0.1, 0.15) is 5.75 Å². The molecule has 0 aromatic heterocycles. The van der Waals surface area contributed by atoms with Gasteiger partial charge in [-0.3, -0.25) is 14.5 Å². The highest BCUT2D eigenvalue weighted by atomic mass is 35.5. The quantitative estimate of drug-likeness (QED) is 0.683. The summed E-state index contributed by atoms with van der Waals surface area (Å²) in [5, 5.41) is 0.723. The lowest BCUT2D eigenvalue weighted by Gasteiger charge is -2.38. The molecular weight excluding hydrogens is 402 g/mol. The number of benzene rings is 2. The number of carbonyl (C=O) groups is 2. The van der Waals surface area contributed by atoms with Crippen molar-refractivity contribution in [2.45, 2.75) is 26.3 Å². The van der Waals surface area contributed by atoms with E-state index in [1.807, 2.05) is 25.1 Å². The molecule has 0 unspecified atom stereocenters. The second kappa shape index (κ2) is 8.66. The molecule has 0 spiro atoms. The number of hydrogen-bond acceptors (Lipinski definition) is 5. The minimum Gasteiger partial charge on any atom is -0.494 e. The van der Waals surface area contributed by atoms with E-state index in [4.69, 9.17) is 16.3 Å². The first-order valence-corrected chi connectivity index (χ1v) is 10.7. The summed E-state index contributed by atoms with van der Waals surface area (Å²) < 4.78 is 5.45. The average molecular weight is 428 g/mol. The van der Waals surface area contributed by atoms with Gasteiger partial charge in [0.25, 0.3) is 5.91 Å². The summed E-state index contributed by atoms with van der Waals surface area (Å²) in [4.78, 5) is 31.5. The molecule has 7 heteroatoms. The molecule has 2 aromatic carbocycles. The molecule has 2 saturated heterocycles. The molecule has 1 atom stereocenters. The normalized spacial score (nSPS) is 20.2. The van der Waals surface area contributed by atoms with E-state index in [0.29, 0.717) is 12.3 Å². The number of amides is 2. The molecular formula is C23H26ClN3O3. The Bertz CT molecular complexity index is 939. The van der Waals surface area contributed by atoms with Crippen molar-refractivity contribution in [3.8, 4) is 5.75 Å². The molecule has 2 aliphatic heterocycles. The number of aryl methyl sites for hydroxylation is 1. The lowest BCUT2D eigenvalue weighted by atomic mass is 10.1. The number of ether oxygens (including phenoxy) is 1. The number of nitrogens with zero attached hydrogens (tertiary/aromatic N) is 3. The van der Waals surface area contributed by atoms with Crippen LogP contribution < -0.4 is 14.5 Å². The highest BCUT2D eigenvalue weighted by molar-refractivity contribution is 6.30. The maximum Gasteiger partial charge on any atom is 0.251 e. The Labute approximate surface area is 182 Å². The van der Waals surface area contributed by atoms with Crippen LogP contribution in [-0.2, 0) is 9.59 Å². The summed E-state index contributed by atoms with van der Waals surface area (Å²) in [6, 6.07) is 12.6. The highest BCUT2D eigenvalue weighted by Gasteiger charge is 2.43. The fourth-order valence-corrected chi connectivity index (χ4v) is 4.39. The average Bonchev–Trinajstić information content (AvgIpc) is 3.05. The van der Waals surface area contributed by atoms with Crippen LogP contribution >= 0.6 is 11.6 Å². The van der Waals surface area contributed by atoms with Gasteiger partial charge in [-0.05, 0) is 55.8 Å². The van der Waals surface area contributed by atoms with Crippen molar-refractivity contribution in [3.63, 3.8) is 0 Å². The van der Waals surface area contributed by atoms with Crippen LogP contribution in [0.15, 0.2) is 42.5 Å². The third-order valence-corrected chi connectivity index (χ3v) is 6.03. The summed E-state index contributed by atoms with van der Waals surface area (Å²) in [6.45, 7) is 7.61. The molecule has 6 nitrogen and oxygen atoms in total. The van der Waals surface area contributed by atoms with Crippen molar-refractivity contribution in [1.29, 1.82) is 0 Å². The number of piperazine rings is 1. The fourth-order valence-electron chi connectivity index (χ4n) is 4.23. The van der Waals surface area contributed by atoms with E-state index < -0.39 is 6.04 Å². The Kier molecular flexibility index (Phi) is 5.97. The Balaban J connectivity index is 1.43. The van der Waals surface area contributed by atoms with Crippen LogP contribution in [0.2, 0.25) is 5.02 Å². The molecule has 0 bridgehead atoms. The van der Waals surface area contributed by atoms with Crippen molar-refractivity contribution in [2.75, 3.05) is 42.6 Å². The van der Waals surface area contributed by atoms with Crippen molar-refractivity contribution >= 4 is 34.8 Å². The topological polar surface area (TPSA) is 53.1 Å². The number of anilines is 2. The Morgan fingerprint density at radius 1 is 1.03 bits per heavy atom. The first-order chi connectivity index (χ1) is 14.5. The molecule has 4 rings (SSSR count). The molecule has 0 saturated carbocycles. The van der Waals surface area contributed by atoms with Gasteiger partial charge in [0.05, 0.1) is 24.8 Å². The molecule has 0 N–H and O–H groups in total. The predicted octanol–water partition coefficient (Wildman–Crippen LogP) is 3.50. The van der Waals surface area contributed by atoms with Crippen molar-refractivity contribution in [1.82, 2.24) is 4.90 Å². The zero-order chi connectivity index (χ0) is 21.3. The Morgan fingerprint density at radius 3 is 2.40 bits per heavy atom. The fraction of sp³-hybridized carbons (Fsp3) is 0.391. The first kappa shape index (κ1) is 20.7. The lowest BCUT2D eigenvalue weighted by molar-refractivity contribution is -0.123. The van der Waals surface area contributed by atoms with Crippen molar-refractivity contribution in [2.24, 2.45) is 0 Å². The van der Waals surface area contributed by atoms with Gasteiger partial charge in [-0.2, -0.15) is 0 Å². The summed E-state index contributed by atoms with van der Waals surface area (Å²) in [5.41, 5.74) is 2.91. The third-order valence-electron chi connectivity index (χ3n) is 5.80. The minimum atomic E-state index is -0.397. The molecule has 30 heavy (non-hydrogen) atoms. The van der Waals surface area contributed by atoms with Gasteiger partial charge >= 0.3 is 0 Å². The molecule has 2 amide bonds. The number of hydrogen-bond donors (Lipinski definition) is 0. The van der Waals surface area contributed by atoms with Crippen LogP contribution in [0.4, 0.5) is 11.4 Å². The Morgan fingerprint density at radius 2 is 1.73 bits per heavy atom. The van der Waals surface area contributed by atoms with Gasteiger partial charge in [-0.15, -0.1) is 0 Å². The molecule has 0 radical (unpaired) electrons. The third kappa shape index (κ3) is 4.02. The zero-order valence-electron chi connectivity index (χ0n) is 17.3. The lowest BCUT2D eigenvalue weighted by Crippen LogP contribution is -2.52. The zero-order valence-corrected chi connectivity index (χ0v) is 18.1. The summed E-state index contributed by atoms with van der Waals surface area (Å²) >= 11 is 6.17. The highest BCUT2D eigenvalue weighted by Crippen LogP contribution is 2.30. The molecule has 2 fully saturated rings. The van der Waals surface area contributed by atoms with Crippen molar-refractivity contribution in [3.05, 3.63) is 53.1 Å². The second-order valence-electron chi connectivity index (χ2n) is 7.67. The molecule has 0 aliphatic carbocycles. The summed E-state index contributed by atoms with van der Waals surface area (Å²) in [7, 11) is 0. The van der Waals surface area contributed by atoms with Crippen LogP contribution in [0.25, 0.3) is 0 Å². The monoisotopic (exact) mass is 427 g/mol. The number of halogens is 1. The summed E-state index contributed by atoms with van der Waals surface area (Å²) in [5.74, 6) is 0.433. The maximum atomic E-state index is 13.1. The largest absolute Gasteiger partial charge is 0.494 e. The minimum absolute atomic E-state index is 0.142. The smallest absolute Gasteiger partial charge is 0.251 e. The van der Waals surface area contributed by atoms with Crippen LogP contribution in [0.5, 0.6) is 5.75 Å². The Hall–Kier alpha value is -2.57. The van der Waals surface area contributed by atoms with Crippen LogP contribution in [0.3, 0.4) is 0 Å². The molecule has 158 valence electrons. The van der Waals surface area contributed by atoms with Gasteiger partial charge in [0, 0.05) is 36.9 Å². The maximum absolute atomic E-state index is 13.1. The van der Waals surface area contributed by atoms with E-state index in [2.05, 4.69) is 16.7 Å². The predicted molar refractivity (Wildman–Crippen MR) is 118 cm³/mol. The van der Waals surface area contributed by atoms with E-state index in [0.717, 1.165) is 42.6 Å². The van der Waals surface area contributed by atoms with Crippen LogP contribution in [0, 0.1) is 6.92 Å². The standard InChI is InChI=1S/C23H26ClN3O3/c1-3-30-19-8-6-18(7-9-19)27-22(28)15-21(23(27)29)26-12-10-25(11-13-26)20-14-17(24)5-4-16(20)2/h4-9,14,21H,3,10-13,15H2,1-2H3/t21-/m1/s1. The van der Waals surface area contributed by atoms with Gasteiger partial charge in [-0.25, -0.2) is 4.90 Å². The van der Waals surface area contributed by atoms with Gasteiger partial charge < -0.3 is 9.64 Å². The molecule has 2 heterocycles. The first-order valence-electron chi connectivity index (χ1n) is 10.3. The van der Waals surface area contributed by atoms with E-state index >= 15 is 0 Å². The van der Waals surface area contributed by atoms with E-state index in [1.165, 1.54) is 10.5 Å². The SMILES string of the molecule is CCOc1ccc(N2C(=O)C[C@@H](N3CCN(c4cc(Cl)ccc4C)CC3)C2=O)cc1. The second-order valence-corrected chi connectivity index (χ2v) is 8.10. The van der Waals surface area contributed by atoms with E-state index in [1.54, 1.807) is 24.3 Å². The van der Waals surface area contributed by atoms with E-state index in [9.17, 15) is 9.59 Å². The summed E-state index contributed by atoms with van der Waals surface area (Å²) in [6.07, 6.45) is 0.224. The number of imide groups is 1. The van der Waals surface area contributed by atoms with Crippen LogP contribution in [0.1, 0.15) is 18.9 Å². The van der Waals surface area contributed by atoms with E-state index in [-0.39, 0.29) is 18.2 Å². The van der Waals surface area contributed by atoms with Gasteiger partial charge in [0.2, 0.25) is 5.91 Å². The number of carbonyl (C=O) groups excluding carboxylic acids is 2. The van der Waals surface area contributed by atoms with Gasteiger partial charge in [-0.1, -0.05) is 17.7 Å². The van der Waals surface area contributed by atoms with Crippen molar-refractivity contribution < 1.29 is 14.3 Å². The van der Waals surface area contributed by atoms with Crippen LogP contribution in [-0.4, -0.2) is 55.5 Å². The molecule has 2 aromatic rings. The molecule has 2 aliphatic rings. The van der Waals surface area contributed by atoms with Gasteiger partial charge in [0.15, 0.2) is 0 Å².